The van der Waals surface area contributed by atoms with Crippen LogP contribution in [0.1, 0.15) is 21.9 Å². The summed E-state index contributed by atoms with van der Waals surface area (Å²) in [6.07, 6.45) is 0. The third-order valence-electron chi connectivity index (χ3n) is 3.97. The number of esters is 1. The van der Waals surface area contributed by atoms with Crippen molar-refractivity contribution in [2.24, 2.45) is 0 Å². The Balaban J connectivity index is 1.40. The fourth-order valence-electron chi connectivity index (χ4n) is 2.43. The molecule has 0 fully saturated rings. The third kappa shape index (κ3) is 6.14. The molecule has 3 aromatic rings. The molecule has 1 heterocycles. The van der Waals surface area contributed by atoms with Crippen LogP contribution in [0.3, 0.4) is 0 Å². The molecule has 0 saturated heterocycles. The molecule has 0 aliphatic rings. The highest BCUT2D eigenvalue weighted by Gasteiger charge is 2.15. The SMILES string of the molecule is COc1ccc(CNC(=O)COC(=O)c2ccc(COc3ccccc3)o2)cc1. The molecule has 0 bridgehead atoms. The Kier molecular flexibility index (Phi) is 6.89. The number of carbonyl (C=O) groups excluding carboxylic acids is 2. The molecule has 0 aliphatic heterocycles. The van der Waals surface area contributed by atoms with Crippen molar-refractivity contribution in [3.05, 3.63) is 83.8 Å². The van der Waals surface area contributed by atoms with Crippen molar-refractivity contribution in [3.8, 4) is 11.5 Å². The minimum absolute atomic E-state index is 0.0135. The number of methoxy groups -OCH3 is 1. The van der Waals surface area contributed by atoms with Gasteiger partial charge in [0.1, 0.15) is 23.9 Å². The molecule has 7 heteroatoms. The van der Waals surface area contributed by atoms with Gasteiger partial charge in [0.15, 0.2) is 6.61 Å². The number of para-hydroxylation sites is 1. The van der Waals surface area contributed by atoms with Crippen molar-refractivity contribution >= 4 is 11.9 Å². The second-order valence-electron chi connectivity index (χ2n) is 6.07. The Hall–Kier alpha value is -3.74. The lowest BCUT2D eigenvalue weighted by atomic mass is 10.2. The van der Waals surface area contributed by atoms with Crippen molar-refractivity contribution in [2.75, 3.05) is 13.7 Å². The summed E-state index contributed by atoms with van der Waals surface area (Å²) in [4.78, 5) is 23.9. The van der Waals surface area contributed by atoms with Crippen LogP contribution in [0.2, 0.25) is 0 Å². The summed E-state index contributed by atoms with van der Waals surface area (Å²) >= 11 is 0. The van der Waals surface area contributed by atoms with Gasteiger partial charge >= 0.3 is 5.97 Å². The standard InChI is InChI=1S/C22H21NO6/c1-26-17-9-7-16(8-10-17)13-23-21(24)15-28-22(25)20-12-11-19(29-20)14-27-18-5-3-2-4-6-18/h2-12H,13-15H2,1H3,(H,23,24). The molecule has 29 heavy (non-hydrogen) atoms. The maximum atomic E-state index is 12.0. The number of rotatable bonds is 9. The zero-order valence-corrected chi connectivity index (χ0v) is 15.9. The topological polar surface area (TPSA) is 87.0 Å². The maximum Gasteiger partial charge on any atom is 0.374 e. The van der Waals surface area contributed by atoms with Gasteiger partial charge in [0.05, 0.1) is 7.11 Å². The van der Waals surface area contributed by atoms with Crippen molar-refractivity contribution in [3.63, 3.8) is 0 Å². The lowest BCUT2D eigenvalue weighted by Gasteiger charge is -2.07. The zero-order chi connectivity index (χ0) is 20.5. The minimum atomic E-state index is -0.712. The maximum absolute atomic E-state index is 12.0. The van der Waals surface area contributed by atoms with Gasteiger partial charge in [-0.2, -0.15) is 0 Å². The average Bonchev–Trinajstić information content (AvgIpc) is 3.25. The van der Waals surface area contributed by atoms with Crippen LogP contribution >= 0.6 is 0 Å². The fourth-order valence-corrected chi connectivity index (χ4v) is 2.43. The van der Waals surface area contributed by atoms with Crippen LogP contribution in [0.15, 0.2) is 71.1 Å². The molecule has 0 saturated carbocycles. The molecule has 0 atom stereocenters. The second-order valence-corrected chi connectivity index (χ2v) is 6.07. The largest absolute Gasteiger partial charge is 0.497 e. The molecule has 0 spiro atoms. The van der Waals surface area contributed by atoms with Gasteiger partial charge in [0, 0.05) is 6.54 Å². The van der Waals surface area contributed by atoms with Gasteiger partial charge < -0.3 is 23.9 Å². The molecular weight excluding hydrogens is 374 g/mol. The number of ether oxygens (including phenoxy) is 3. The van der Waals surface area contributed by atoms with Crippen LogP contribution in [-0.2, 0) is 22.7 Å². The summed E-state index contributed by atoms with van der Waals surface area (Å²) in [6, 6.07) is 19.7. The molecule has 2 aromatic carbocycles. The lowest BCUT2D eigenvalue weighted by molar-refractivity contribution is -0.124. The van der Waals surface area contributed by atoms with E-state index in [0.29, 0.717) is 18.1 Å². The molecule has 7 nitrogen and oxygen atoms in total. The van der Waals surface area contributed by atoms with Crippen LogP contribution in [0.4, 0.5) is 0 Å². The van der Waals surface area contributed by atoms with Crippen LogP contribution in [0.5, 0.6) is 11.5 Å². The number of hydrogen-bond acceptors (Lipinski definition) is 6. The Labute approximate surface area is 168 Å². The first-order valence-corrected chi connectivity index (χ1v) is 8.97. The van der Waals surface area contributed by atoms with E-state index in [1.165, 1.54) is 6.07 Å². The number of carbonyl (C=O) groups is 2. The lowest BCUT2D eigenvalue weighted by Crippen LogP contribution is -2.28. The highest BCUT2D eigenvalue weighted by atomic mass is 16.6. The van der Waals surface area contributed by atoms with Gasteiger partial charge in [0.25, 0.3) is 5.91 Å². The molecule has 0 radical (unpaired) electrons. The van der Waals surface area contributed by atoms with E-state index in [0.717, 1.165) is 11.3 Å². The van der Waals surface area contributed by atoms with E-state index in [2.05, 4.69) is 5.32 Å². The third-order valence-corrected chi connectivity index (χ3v) is 3.97. The zero-order valence-electron chi connectivity index (χ0n) is 15.9. The molecular formula is C22H21NO6. The monoisotopic (exact) mass is 395 g/mol. The van der Waals surface area contributed by atoms with Gasteiger partial charge in [-0.15, -0.1) is 0 Å². The highest BCUT2D eigenvalue weighted by Crippen LogP contribution is 2.14. The van der Waals surface area contributed by atoms with E-state index in [-0.39, 0.29) is 12.4 Å². The number of hydrogen-bond donors (Lipinski definition) is 1. The van der Waals surface area contributed by atoms with E-state index < -0.39 is 18.5 Å². The predicted octanol–water partition coefficient (Wildman–Crippen LogP) is 3.34. The van der Waals surface area contributed by atoms with Gasteiger partial charge in [-0.3, -0.25) is 4.79 Å². The van der Waals surface area contributed by atoms with E-state index in [9.17, 15) is 9.59 Å². The fraction of sp³-hybridized carbons (Fsp3) is 0.182. The van der Waals surface area contributed by atoms with Gasteiger partial charge in [-0.1, -0.05) is 30.3 Å². The van der Waals surface area contributed by atoms with Crippen LogP contribution in [0.25, 0.3) is 0 Å². The van der Waals surface area contributed by atoms with E-state index in [4.69, 9.17) is 18.6 Å². The van der Waals surface area contributed by atoms with Crippen LogP contribution in [0, 0.1) is 0 Å². The Morgan fingerprint density at radius 3 is 2.41 bits per heavy atom. The Morgan fingerprint density at radius 1 is 0.931 bits per heavy atom. The normalized spacial score (nSPS) is 10.2. The number of nitrogens with one attached hydrogen (secondary N) is 1. The summed E-state index contributed by atoms with van der Waals surface area (Å²) in [5.41, 5.74) is 0.902. The summed E-state index contributed by atoms with van der Waals surface area (Å²) in [6.45, 7) is 0.104. The minimum Gasteiger partial charge on any atom is -0.497 e. The van der Waals surface area contributed by atoms with E-state index >= 15 is 0 Å². The van der Waals surface area contributed by atoms with Crippen LogP contribution in [-0.4, -0.2) is 25.6 Å². The number of benzene rings is 2. The Morgan fingerprint density at radius 2 is 1.69 bits per heavy atom. The molecule has 1 aromatic heterocycles. The van der Waals surface area contributed by atoms with Crippen molar-refractivity contribution in [2.45, 2.75) is 13.2 Å². The van der Waals surface area contributed by atoms with E-state index in [1.807, 2.05) is 42.5 Å². The summed E-state index contributed by atoms with van der Waals surface area (Å²) in [7, 11) is 1.59. The number of amides is 1. The molecule has 0 aliphatic carbocycles. The van der Waals surface area contributed by atoms with Crippen molar-refractivity contribution < 1.29 is 28.2 Å². The molecule has 0 unspecified atom stereocenters. The van der Waals surface area contributed by atoms with Crippen LogP contribution < -0.4 is 14.8 Å². The first-order chi connectivity index (χ1) is 14.1. The summed E-state index contributed by atoms with van der Waals surface area (Å²) in [5, 5.41) is 2.68. The smallest absolute Gasteiger partial charge is 0.374 e. The number of furan rings is 1. The summed E-state index contributed by atoms with van der Waals surface area (Å²) < 4.78 is 21.0. The Bertz CT molecular complexity index is 933. The second kappa shape index (κ2) is 9.98. The molecule has 3 rings (SSSR count). The summed E-state index contributed by atoms with van der Waals surface area (Å²) in [5.74, 6) is 0.802. The van der Waals surface area contributed by atoms with Gasteiger partial charge in [0.2, 0.25) is 5.76 Å². The first-order valence-electron chi connectivity index (χ1n) is 8.97. The molecule has 1 amide bonds. The highest BCUT2D eigenvalue weighted by molar-refractivity contribution is 5.88. The van der Waals surface area contributed by atoms with Crippen molar-refractivity contribution in [1.29, 1.82) is 0 Å². The average molecular weight is 395 g/mol. The molecule has 1 N–H and O–H groups in total. The first kappa shape index (κ1) is 20.0. The predicted molar refractivity (Wildman–Crippen MR) is 105 cm³/mol. The van der Waals surface area contributed by atoms with Crippen molar-refractivity contribution in [1.82, 2.24) is 5.32 Å². The quantitative estimate of drug-likeness (QED) is 0.559. The van der Waals surface area contributed by atoms with Gasteiger partial charge in [-0.05, 0) is 42.0 Å². The van der Waals surface area contributed by atoms with Gasteiger partial charge in [-0.25, -0.2) is 4.79 Å². The van der Waals surface area contributed by atoms with E-state index in [1.54, 1.807) is 25.3 Å². The molecule has 150 valence electrons.